The van der Waals surface area contributed by atoms with E-state index in [1.807, 2.05) is 67.5 Å². The smallest absolute Gasteiger partial charge is 0.241 e. The minimum Gasteiger partial charge on any atom is -0.456 e. The van der Waals surface area contributed by atoms with Gasteiger partial charge in [0.2, 0.25) is 5.91 Å². The molecule has 170 valence electrons. The van der Waals surface area contributed by atoms with Crippen molar-refractivity contribution >= 4 is 17.8 Å². The first kappa shape index (κ1) is 22.5. The molecule has 7 heteroatoms. The van der Waals surface area contributed by atoms with Gasteiger partial charge in [0, 0.05) is 49.7 Å². The second-order valence-corrected chi connectivity index (χ2v) is 8.19. The van der Waals surface area contributed by atoms with Gasteiger partial charge in [-0.1, -0.05) is 24.8 Å². The Labute approximate surface area is 194 Å². The van der Waals surface area contributed by atoms with Crippen molar-refractivity contribution in [2.75, 3.05) is 38.1 Å². The number of carbonyl (C=O) groups excluding carboxylic acids is 1. The van der Waals surface area contributed by atoms with E-state index >= 15 is 0 Å². The predicted octanol–water partition coefficient (Wildman–Crippen LogP) is 3.67. The highest BCUT2D eigenvalue weighted by atomic mass is 16.5. The molecule has 33 heavy (non-hydrogen) atoms. The molecule has 0 radical (unpaired) electrons. The third kappa shape index (κ3) is 5.21. The topological polar surface area (TPSA) is 84.6 Å². The van der Waals surface area contributed by atoms with Crippen LogP contribution in [0.3, 0.4) is 0 Å². The van der Waals surface area contributed by atoms with Crippen LogP contribution in [0.25, 0.3) is 17.3 Å². The first-order valence-electron chi connectivity index (χ1n) is 11.0. The summed E-state index contributed by atoms with van der Waals surface area (Å²) in [5.74, 6) is 2.15. The first-order chi connectivity index (χ1) is 16.0. The van der Waals surface area contributed by atoms with Gasteiger partial charge in [-0.2, -0.15) is 0 Å². The molecule has 0 atom stereocenters. The number of nitrogens with zero attached hydrogens (tertiary/aromatic N) is 4. The van der Waals surface area contributed by atoms with Gasteiger partial charge in [-0.25, -0.2) is 4.98 Å². The lowest BCUT2D eigenvalue weighted by atomic mass is 10.1. The molecule has 1 fully saturated rings. The van der Waals surface area contributed by atoms with E-state index in [0.717, 1.165) is 46.9 Å². The number of benzene rings is 1. The molecule has 2 N–H and O–H groups in total. The molecule has 1 aromatic carbocycles. The number of rotatable bonds is 7. The zero-order valence-corrected chi connectivity index (χ0v) is 19.1. The largest absolute Gasteiger partial charge is 0.456 e. The van der Waals surface area contributed by atoms with Crippen molar-refractivity contribution in [1.29, 1.82) is 0 Å². The highest BCUT2D eigenvalue weighted by Crippen LogP contribution is 2.35. The summed E-state index contributed by atoms with van der Waals surface area (Å²) >= 11 is 0. The van der Waals surface area contributed by atoms with E-state index in [1.54, 1.807) is 11.0 Å². The molecule has 0 bridgehead atoms. The maximum atomic E-state index is 12.2. The zero-order valence-electron chi connectivity index (χ0n) is 19.1. The fourth-order valence-electron chi connectivity index (χ4n) is 3.78. The van der Waals surface area contributed by atoms with Crippen molar-refractivity contribution < 1.29 is 9.53 Å². The lowest BCUT2D eigenvalue weighted by molar-refractivity contribution is -0.129. The monoisotopic (exact) mass is 443 g/mol. The van der Waals surface area contributed by atoms with Crippen LogP contribution in [0.4, 0.5) is 5.82 Å². The van der Waals surface area contributed by atoms with Crippen molar-refractivity contribution in [2.24, 2.45) is 5.73 Å². The predicted molar refractivity (Wildman–Crippen MR) is 131 cm³/mol. The number of anilines is 1. The van der Waals surface area contributed by atoms with Crippen molar-refractivity contribution in [3.05, 3.63) is 72.1 Å². The molecule has 1 aliphatic heterocycles. The number of likely N-dealkylation sites (N-methyl/N-ethyl adjacent to an activating group) is 1. The average Bonchev–Trinajstić information content (AvgIpc) is 2.81. The lowest BCUT2D eigenvalue weighted by Crippen LogP contribution is -2.48. The summed E-state index contributed by atoms with van der Waals surface area (Å²) in [7, 11) is 1.82. The molecular weight excluding hydrogens is 414 g/mol. The number of aryl methyl sites for hydroxylation is 1. The Kier molecular flexibility index (Phi) is 6.70. The summed E-state index contributed by atoms with van der Waals surface area (Å²) < 4.78 is 6.37. The van der Waals surface area contributed by atoms with Crippen molar-refractivity contribution in [1.82, 2.24) is 14.9 Å². The molecule has 1 amide bonds. The first-order valence-corrected chi connectivity index (χ1v) is 11.0. The Hall–Kier alpha value is -3.71. The zero-order chi connectivity index (χ0) is 23.4. The van der Waals surface area contributed by atoms with Gasteiger partial charge in [-0.15, -0.1) is 0 Å². The third-order valence-electron chi connectivity index (χ3n) is 5.70. The number of hydrogen-bond donors (Lipinski definition) is 1. The Morgan fingerprint density at radius 3 is 2.73 bits per heavy atom. The van der Waals surface area contributed by atoms with Crippen LogP contribution in [0.15, 0.2) is 55.2 Å². The number of nitrogens with two attached hydrogens (primary N) is 1. The fourth-order valence-corrected chi connectivity index (χ4v) is 3.78. The molecule has 7 nitrogen and oxygen atoms in total. The number of carbonyl (C=O) groups is 1. The Balaban J connectivity index is 1.66. The van der Waals surface area contributed by atoms with E-state index in [1.165, 1.54) is 0 Å². The summed E-state index contributed by atoms with van der Waals surface area (Å²) in [5.41, 5.74) is 10.2. The van der Waals surface area contributed by atoms with Gasteiger partial charge in [0.05, 0.1) is 12.2 Å². The quantitative estimate of drug-likeness (QED) is 0.600. The van der Waals surface area contributed by atoms with E-state index in [4.69, 9.17) is 10.5 Å². The van der Waals surface area contributed by atoms with E-state index in [2.05, 4.69) is 16.5 Å². The van der Waals surface area contributed by atoms with Crippen LogP contribution in [0.5, 0.6) is 11.5 Å². The minimum atomic E-state index is 0.0807. The summed E-state index contributed by atoms with van der Waals surface area (Å²) in [5, 5.41) is 0. The van der Waals surface area contributed by atoms with Crippen LogP contribution in [0.1, 0.15) is 16.8 Å². The Bertz CT molecular complexity index is 1160. The van der Waals surface area contributed by atoms with Crippen molar-refractivity contribution in [2.45, 2.75) is 13.3 Å². The summed E-state index contributed by atoms with van der Waals surface area (Å²) in [6.45, 7) is 8.10. The van der Waals surface area contributed by atoms with Gasteiger partial charge in [-0.3, -0.25) is 9.78 Å². The lowest BCUT2D eigenvalue weighted by Gasteiger charge is -2.33. The number of amides is 1. The molecule has 0 spiro atoms. The molecule has 1 aliphatic rings. The van der Waals surface area contributed by atoms with E-state index in [9.17, 15) is 4.79 Å². The molecule has 1 saturated heterocycles. The van der Waals surface area contributed by atoms with Crippen LogP contribution in [-0.2, 0) is 11.2 Å². The van der Waals surface area contributed by atoms with Gasteiger partial charge >= 0.3 is 0 Å². The SMILES string of the molecule is C=Cc1ccc(-c2ccc(CCN)cn2)c(Oc2cc(C)nc(N3CCN(C)C(=O)C3)c2)c1. The maximum Gasteiger partial charge on any atom is 0.241 e. The van der Waals surface area contributed by atoms with E-state index < -0.39 is 0 Å². The van der Waals surface area contributed by atoms with E-state index in [-0.39, 0.29) is 5.91 Å². The van der Waals surface area contributed by atoms with Crippen LogP contribution in [0.2, 0.25) is 0 Å². The standard InChI is InChI=1S/C26H29N5O2/c1-4-19-5-7-22(23-8-6-20(9-10-27)16-28-23)24(14-19)33-21-13-18(2)29-25(15-21)31-12-11-30(3)26(32)17-31/h4-8,13-16H,1,9-12,17,27H2,2-3H3. The van der Waals surface area contributed by atoms with Gasteiger partial charge in [0.1, 0.15) is 17.3 Å². The molecule has 4 rings (SSSR count). The Morgan fingerprint density at radius 1 is 1.18 bits per heavy atom. The molecule has 3 heterocycles. The van der Waals surface area contributed by atoms with Gasteiger partial charge < -0.3 is 20.3 Å². The summed E-state index contributed by atoms with van der Waals surface area (Å²) in [6.07, 6.45) is 4.43. The van der Waals surface area contributed by atoms with Crippen molar-refractivity contribution in [3.63, 3.8) is 0 Å². The van der Waals surface area contributed by atoms with Crippen LogP contribution >= 0.6 is 0 Å². The number of piperazine rings is 1. The number of aromatic nitrogens is 2. The fraction of sp³-hybridized carbons (Fsp3) is 0.269. The van der Waals surface area contributed by atoms with Crippen LogP contribution in [0, 0.1) is 6.92 Å². The van der Waals surface area contributed by atoms with Gasteiger partial charge in [-0.05, 0) is 49.2 Å². The average molecular weight is 444 g/mol. The highest BCUT2D eigenvalue weighted by Gasteiger charge is 2.23. The van der Waals surface area contributed by atoms with Gasteiger partial charge in [0.15, 0.2) is 0 Å². The third-order valence-corrected chi connectivity index (χ3v) is 5.70. The second-order valence-electron chi connectivity index (χ2n) is 8.19. The molecule has 2 aromatic heterocycles. The Morgan fingerprint density at radius 2 is 2.03 bits per heavy atom. The number of pyridine rings is 2. The molecule has 0 aliphatic carbocycles. The van der Waals surface area contributed by atoms with Crippen molar-refractivity contribution in [3.8, 4) is 22.8 Å². The van der Waals surface area contributed by atoms with Crippen LogP contribution < -0.4 is 15.4 Å². The number of hydrogen-bond acceptors (Lipinski definition) is 6. The molecule has 3 aromatic rings. The molecule has 0 unspecified atom stereocenters. The van der Waals surface area contributed by atoms with E-state index in [0.29, 0.717) is 31.1 Å². The van der Waals surface area contributed by atoms with Crippen LogP contribution in [-0.4, -0.2) is 54.0 Å². The molecule has 0 saturated carbocycles. The number of ether oxygens (including phenoxy) is 1. The normalized spacial score (nSPS) is 13.8. The maximum absolute atomic E-state index is 12.2. The minimum absolute atomic E-state index is 0.0807. The highest BCUT2D eigenvalue weighted by molar-refractivity contribution is 5.82. The summed E-state index contributed by atoms with van der Waals surface area (Å²) in [6, 6.07) is 13.7. The summed E-state index contributed by atoms with van der Waals surface area (Å²) in [4.78, 5) is 25.2. The second kappa shape index (κ2) is 9.83. The van der Waals surface area contributed by atoms with Gasteiger partial charge in [0.25, 0.3) is 0 Å². The molecular formula is C26H29N5O2.